The number of rotatable bonds is 7. The van der Waals surface area contributed by atoms with Crippen LogP contribution in [0.25, 0.3) is 10.4 Å². The Morgan fingerprint density at radius 1 is 1.44 bits per heavy atom. The number of benzene rings is 1. The van der Waals surface area contributed by atoms with Crippen molar-refractivity contribution < 1.29 is 14.7 Å². The number of amides is 1. The first kappa shape index (κ1) is 25.7. The number of fused-ring (bicyclic) bond motifs is 2. The highest BCUT2D eigenvalue weighted by atomic mass is 127. The van der Waals surface area contributed by atoms with Gasteiger partial charge in [-0.1, -0.05) is 38.0 Å². The second-order valence-electron chi connectivity index (χ2n) is 11.0. The molecule has 0 spiro atoms. The normalized spacial score (nSPS) is 35.2. The maximum Gasteiger partial charge on any atom is 0.240 e. The van der Waals surface area contributed by atoms with Crippen molar-refractivity contribution in [2.24, 2.45) is 34.2 Å². The Kier molecular flexibility index (Phi) is 7.51. The molecule has 8 nitrogen and oxygen atoms in total. The Hall–Kier alpha value is -1.39. The van der Waals surface area contributed by atoms with Gasteiger partial charge in [0.2, 0.25) is 5.91 Å². The fourth-order valence-electron chi connectivity index (χ4n) is 6.59. The van der Waals surface area contributed by atoms with Gasteiger partial charge in [-0.3, -0.25) is 9.63 Å². The molecule has 1 heterocycles. The van der Waals surface area contributed by atoms with Crippen LogP contribution in [0.1, 0.15) is 51.7 Å². The second-order valence-corrected chi connectivity index (χ2v) is 12.2. The molecule has 8 atom stereocenters. The number of carbonyl (C=O) groups is 1. The monoisotopic (exact) mass is 581 g/mol. The largest absolute Gasteiger partial charge is 0.393 e. The Labute approximate surface area is 215 Å². The standard InChI is InChI=1S/C25H36IN5O3/c1-13-16(7-6-8-19(13)26)12-31-23(22(15(3)32)21(34-31)11-28-30-27)24(33)29-20-10-17-9-18(14(20)2)25(17,4)5/h6-8,14-15,17-18,20-23,32H,9-12H2,1-5H3,(H,29,33)/t14-,15-,17-,18+,20?,21-,22+,23-/m0/s1. The van der Waals surface area contributed by atoms with E-state index in [0.717, 1.165) is 21.1 Å². The van der Waals surface area contributed by atoms with Crippen molar-refractivity contribution in [2.45, 2.75) is 78.3 Å². The molecule has 2 bridgehead atoms. The SMILES string of the molecule is Cc1c(I)cccc1CN1O[C@@H](CN=[N+]=[N-])[C@@H]([C@H](C)O)[C@H]1C(=O)NC1C[C@@H]2C[C@H]([C@@H]1C)C2(C)C. The molecule has 2 N–H and O–H groups in total. The van der Waals surface area contributed by atoms with E-state index < -0.39 is 24.2 Å². The lowest BCUT2D eigenvalue weighted by Crippen LogP contribution is -2.62. The fraction of sp³-hybridized carbons (Fsp3) is 0.720. The van der Waals surface area contributed by atoms with Crippen molar-refractivity contribution in [1.29, 1.82) is 0 Å². The highest BCUT2D eigenvalue weighted by Gasteiger charge is 2.57. The number of hydroxylamine groups is 2. The first-order chi connectivity index (χ1) is 16.1. The lowest BCUT2D eigenvalue weighted by molar-refractivity contribution is -0.175. The van der Waals surface area contributed by atoms with E-state index >= 15 is 0 Å². The predicted molar refractivity (Wildman–Crippen MR) is 138 cm³/mol. The van der Waals surface area contributed by atoms with Crippen LogP contribution in [0.4, 0.5) is 0 Å². The second kappa shape index (κ2) is 9.93. The highest BCUT2D eigenvalue weighted by Crippen LogP contribution is 2.61. The molecule has 3 saturated carbocycles. The molecule has 9 heteroatoms. The predicted octanol–water partition coefficient (Wildman–Crippen LogP) is 4.58. The Bertz CT molecular complexity index is 979. The quantitative estimate of drug-likeness (QED) is 0.213. The summed E-state index contributed by atoms with van der Waals surface area (Å²) in [7, 11) is 0. The summed E-state index contributed by atoms with van der Waals surface area (Å²) >= 11 is 2.31. The molecule has 1 aliphatic heterocycles. The van der Waals surface area contributed by atoms with Crippen molar-refractivity contribution in [3.8, 4) is 0 Å². The van der Waals surface area contributed by atoms with E-state index in [2.05, 4.69) is 71.7 Å². The smallest absolute Gasteiger partial charge is 0.240 e. The van der Waals surface area contributed by atoms with E-state index in [1.807, 2.05) is 12.1 Å². The summed E-state index contributed by atoms with van der Waals surface area (Å²) in [6.07, 6.45) is 0.871. The van der Waals surface area contributed by atoms with Gasteiger partial charge in [-0.25, -0.2) is 0 Å². The first-order valence-electron chi connectivity index (χ1n) is 12.2. The van der Waals surface area contributed by atoms with Crippen LogP contribution in [0.5, 0.6) is 0 Å². The molecule has 4 fully saturated rings. The molecule has 186 valence electrons. The van der Waals surface area contributed by atoms with E-state index in [0.29, 0.717) is 29.7 Å². The van der Waals surface area contributed by atoms with Gasteiger partial charge < -0.3 is 10.4 Å². The van der Waals surface area contributed by atoms with Crippen molar-refractivity contribution >= 4 is 28.5 Å². The Balaban J connectivity index is 1.58. The minimum atomic E-state index is -0.798. The molecule has 1 aromatic carbocycles. The highest BCUT2D eigenvalue weighted by molar-refractivity contribution is 14.1. The fourth-order valence-corrected chi connectivity index (χ4v) is 7.15. The van der Waals surface area contributed by atoms with Gasteiger partial charge in [0.15, 0.2) is 0 Å². The van der Waals surface area contributed by atoms with Gasteiger partial charge in [0.1, 0.15) is 6.04 Å². The maximum absolute atomic E-state index is 13.8. The number of hydrogen-bond donors (Lipinski definition) is 2. The van der Waals surface area contributed by atoms with Crippen LogP contribution in [0.3, 0.4) is 0 Å². The lowest BCUT2D eigenvalue weighted by atomic mass is 9.45. The molecule has 3 aliphatic carbocycles. The summed E-state index contributed by atoms with van der Waals surface area (Å²) in [5, 5.41) is 19.4. The minimum Gasteiger partial charge on any atom is -0.393 e. The number of nitrogens with one attached hydrogen (secondary N) is 1. The van der Waals surface area contributed by atoms with Gasteiger partial charge in [-0.15, -0.1) is 0 Å². The molecule has 1 saturated heterocycles. The summed E-state index contributed by atoms with van der Waals surface area (Å²) in [4.78, 5) is 22.8. The average Bonchev–Trinajstić information content (AvgIpc) is 3.14. The molecular weight excluding hydrogens is 545 g/mol. The van der Waals surface area contributed by atoms with E-state index in [4.69, 9.17) is 10.4 Å². The zero-order valence-electron chi connectivity index (χ0n) is 20.6. The first-order valence-corrected chi connectivity index (χ1v) is 13.3. The molecular formula is C25H36IN5O3. The van der Waals surface area contributed by atoms with Crippen LogP contribution in [0, 0.1) is 39.6 Å². The number of aliphatic hydroxyl groups is 1. The average molecular weight is 581 g/mol. The van der Waals surface area contributed by atoms with Gasteiger partial charge in [-0.2, -0.15) is 5.06 Å². The topological polar surface area (TPSA) is 111 Å². The van der Waals surface area contributed by atoms with E-state index in [1.54, 1.807) is 12.0 Å². The molecule has 0 aromatic heterocycles. The molecule has 1 unspecified atom stereocenters. The van der Waals surface area contributed by atoms with Crippen LogP contribution in [0.2, 0.25) is 0 Å². The molecule has 1 aromatic rings. The summed E-state index contributed by atoms with van der Waals surface area (Å²) < 4.78 is 1.14. The van der Waals surface area contributed by atoms with Crippen molar-refractivity contribution in [3.05, 3.63) is 43.3 Å². The number of hydrogen-bond acceptors (Lipinski definition) is 5. The third-order valence-electron chi connectivity index (χ3n) is 8.91. The number of aliphatic hydroxyl groups excluding tert-OH is 1. The summed E-state index contributed by atoms with van der Waals surface area (Å²) in [5.74, 6) is 1.04. The van der Waals surface area contributed by atoms with Gasteiger partial charge >= 0.3 is 0 Å². The van der Waals surface area contributed by atoms with Gasteiger partial charge in [0.05, 0.1) is 25.3 Å². The van der Waals surface area contributed by atoms with Crippen LogP contribution < -0.4 is 5.32 Å². The number of carbonyl (C=O) groups excluding carboxylic acids is 1. The molecule has 1 amide bonds. The maximum atomic E-state index is 13.8. The Morgan fingerprint density at radius 3 is 2.79 bits per heavy atom. The van der Waals surface area contributed by atoms with Crippen molar-refractivity contribution in [1.82, 2.24) is 10.4 Å². The van der Waals surface area contributed by atoms with E-state index in [9.17, 15) is 9.90 Å². The zero-order chi connectivity index (χ0) is 24.8. The summed E-state index contributed by atoms with van der Waals surface area (Å²) in [6, 6.07) is 5.53. The molecule has 34 heavy (non-hydrogen) atoms. The van der Waals surface area contributed by atoms with Crippen molar-refractivity contribution in [3.63, 3.8) is 0 Å². The third kappa shape index (κ3) is 4.57. The van der Waals surface area contributed by atoms with Crippen LogP contribution >= 0.6 is 22.6 Å². The van der Waals surface area contributed by atoms with E-state index in [-0.39, 0.29) is 18.5 Å². The van der Waals surface area contributed by atoms with Gasteiger partial charge in [0.25, 0.3) is 0 Å². The van der Waals surface area contributed by atoms with Crippen LogP contribution in [0.15, 0.2) is 23.3 Å². The molecule has 5 rings (SSSR count). The Morgan fingerprint density at radius 2 is 2.18 bits per heavy atom. The van der Waals surface area contributed by atoms with Crippen molar-refractivity contribution in [2.75, 3.05) is 6.54 Å². The number of azide groups is 1. The van der Waals surface area contributed by atoms with Crippen LogP contribution in [-0.4, -0.2) is 46.9 Å². The number of halogens is 1. The molecule has 0 radical (unpaired) electrons. The summed E-state index contributed by atoms with van der Waals surface area (Å²) in [6.45, 7) is 11.2. The van der Waals surface area contributed by atoms with E-state index in [1.165, 1.54) is 6.42 Å². The zero-order valence-corrected chi connectivity index (χ0v) is 22.8. The minimum absolute atomic E-state index is 0.0653. The van der Waals surface area contributed by atoms with Crippen LogP contribution in [-0.2, 0) is 16.2 Å². The van der Waals surface area contributed by atoms with Gasteiger partial charge in [0, 0.05) is 20.4 Å². The third-order valence-corrected chi connectivity index (χ3v) is 10.1. The summed E-state index contributed by atoms with van der Waals surface area (Å²) in [5.41, 5.74) is 11.4. The van der Waals surface area contributed by atoms with Gasteiger partial charge in [-0.05, 0) is 95.2 Å². The lowest BCUT2D eigenvalue weighted by Gasteiger charge is -2.62. The molecule has 4 aliphatic rings. The number of nitrogens with zero attached hydrogens (tertiary/aromatic N) is 4.